The molecule has 30 heavy (non-hydrogen) atoms. The molecule has 6 nitrogen and oxygen atoms in total. The number of hydrogen-bond donors (Lipinski definition) is 2. The maximum atomic E-state index is 12.7. The molecule has 156 valence electrons. The number of nitrogens with one attached hydrogen (secondary N) is 2. The Morgan fingerprint density at radius 2 is 2.03 bits per heavy atom. The van der Waals surface area contributed by atoms with Crippen LogP contribution in [0.1, 0.15) is 46.3 Å². The summed E-state index contributed by atoms with van der Waals surface area (Å²) in [7, 11) is 0. The molecule has 2 N–H and O–H groups in total. The van der Waals surface area contributed by atoms with Gasteiger partial charge in [0.1, 0.15) is 5.75 Å². The zero-order valence-electron chi connectivity index (χ0n) is 17.3. The molecular weight excluding hydrogens is 378 g/mol. The van der Waals surface area contributed by atoms with Crippen molar-refractivity contribution in [1.29, 1.82) is 0 Å². The van der Waals surface area contributed by atoms with Crippen LogP contribution in [0.3, 0.4) is 0 Å². The van der Waals surface area contributed by atoms with Crippen molar-refractivity contribution in [2.24, 2.45) is 0 Å². The Balaban J connectivity index is 1.15. The van der Waals surface area contributed by atoms with E-state index in [1.807, 2.05) is 13.0 Å². The predicted octanol–water partition coefficient (Wildman–Crippen LogP) is 3.04. The number of rotatable bonds is 5. The molecule has 0 radical (unpaired) electrons. The lowest BCUT2D eigenvalue weighted by Gasteiger charge is -2.28. The van der Waals surface area contributed by atoms with E-state index in [0.717, 1.165) is 50.9 Å². The number of aryl methyl sites for hydroxylation is 1. The van der Waals surface area contributed by atoms with Crippen molar-refractivity contribution in [3.63, 3.8) is 0 Å². The largest absolute Gasteiger partial charge is 0.475 e. The standard InChI is InChI=1S/C24H27N3O3/c1-16-13-21-20(26-23(29)24(30-21)8-9-24)14-19(16)22(28)25-10-4-11-27-12-7-17-5-2-3-6-18(17)15-27/h2-3,5-6,13-14H,4,7-12,15H2,1H3,(H,25,28)(H,26,29). The highest BCUT2D eigenvalue weighted by atomic mass is 16.5. The minimum atomic E-state index is -0.668. The van der Waals surface area contributed by atoms with Crippen molar-refractivity contribution in [1.82, 2.24) is 10.2 Å². The van der Waals surface area contributed by atoms with Gasteiger partial charge in [0.25, 0.3) is 11.8 Å². The van der Waals surface area contributed by atoms with Gasteiger partial charge in [-0.15, -0.1) is 0 Å². The van der Waals surface area contributed by atoms with Gasteiger partial charge in [0, 0.05) is 44.6 Å². The summed E-state index contributed by atoms with van der Waals surface area (Å²) in [6.07, 6.45) is 3.50. The van der Waals surface area contributed by atoms with Crippen molar-refractivity contribution in [3.05, 3.63) is 58.7 Å². The van der Waals surface area contributed by atoms with Gasteiger partial charge in [-0.1, -0.05) is 24.3 Å². The van der Waals surface area contributed by atoms with Crippen LogP contribution in [0.2, 0.25) is 0 Å². The third-order valence-corrected chi connectivity index (χ3v) is 6.39. The minimum absolute atomic E-state index is 0.103. The number of fused-ring (bicyclic) bond motifs is 2. The number of nitrogens with zero attached hydrogens (tertiary/aromatic N) is 1. The van der Waals surface area contributed by atoms with Gasteiger partial charge in [-0.25, -0.2) is 0 Å². The first-order valence-electron chi connectivity index (χ1n) is 10.8. The Kier molecular flexibility index (Phi) is 4.74. The van der Waals surface area contributed by atoms with Gasteiger partial charge < -0.3 is 15.4 Å². The maximum absolute atomic E-state index is 12.7. The second-order valence-electron chi connectivity index (χ2n) is 8.62. The van der Waals surface area contributed by atoms with Crippen molar-refractivity contribution in [3.8, 4) is 5.75 Å². The molecule has 2 aromatic carbocycles. The molecule has 1 aliphatic carbocycles. The highest BCUT2D eigenvalue weighted by Gasteiger charge is 2.55. The Hall–Kier alpha value is -2.86. The number of ether oxygens (including phenoxy) is 1. The molecule has 2 amide bonds. The molecule has 2 heterocycles. The molecular formula is C24H27N3O3. The van der Waals surface area contributed by atoms with E-state index >= 15 is 0 Å². The van der Waals surface area contributed by atoms with Gasteiger partial charge in [0.05, 0.1) is 5.69 Å². The summed E-state index contributed by atoms with van der Waals surface area (Å²) in [6, 6.07) is 12.2. The molecule has 0 unspecified atom stereocenters. The second-order valence-corrected chi connectivity index (χ2v) is 8.62. The third-order valence-electron chi connectivity index (χ3n) is 6.39. The fourth-order valence-corrected chi connectivity index (χ4v) is 4.39. The van der Waals surface area contributed by atoms with Crippen molar-refractivity contribution in [2.75, 3.05) is 25.0 Å². The van der Waals surface area contributed by atoms with Crippen molar-refractivity contribution in [2.45, 2.75) is 44.8 Å². The zero-order valence-corrected chi connectivity index (χ0v) is 17.3. The summed E-state index contributed by atoms with van der Waals surface area (Å²) in [6.45, 7) is 5.54. The third kappa shape index (κ3) is 3.56. The van der Waals surface area contributed by atoms with Crippen LogP contribution in [-0.2, 0) is 17.8 Å². The first kappa shape index (κ1) is 19.1. The molecule has 2 aromatic rings. The van der Waals surface area contributed by atoms with Crippen LogP contribution in [0.15, 0.2) is 36.4 Å². The number of benzene rings is 2. The first-order chi connectivity index (χ1) is 14.5. The lowest BCUT2D eigenvalue weighted by Crippen LogP contribution is -2.39. The highest BCUT2D eigenvalue weighted by molar-refractivity contribution is 6.04. The van der Waals surface area contributed by atoms with Crippen LogP contribution in [0, 0.1) is 6.92 Å². The quantitative estimate of drug-likeness (QED) is 0.750. The van der Waals surface area contributed by atoms with E-state index in [4.69, 9.17) is 4.74 Å². The van der Waals surface area contributed by atoms with E-state index in [2.05, 4.69) is 39.8 Å². The summed E-state index contributed by atoms with van der Waals surface area (Å²) in [5, 5.41) is 5.93. The molecule has 6 heteroatoms. The van der Waals surface area contributed by atoms with Gasteiger partial charge in [0.15, 0.2) is 5.60 Å². The molecule has 2 aliphatic heterocycles. The fourth-order valence-electron chi connectivity index (χ4n) is 4.39. The zero-order chi connectivity index (χ0) is 20.7. The van der Waals surface area contributed by atoms with E-state index < -0.39 is 5.60 Å². The summed E-state index contributed by atoms with van der Waals surface area (Å²) < 4.78 is 5.90. The van der Waals surface area contributed by atoms with E-state index in [0.29, 0.717) is 23.5 Å². The van der Waals surface area contributed by atoms with Gasteiger partial charge >= 0.3 is 0 Å². The molecule has 1 fully saturated rings. The Morgan fingerprint density at radius 1 is 1.23 bits per heavy atom. The van der Waals surface area contributed by atoms with E-state index in [1.54, 1.807) is 6.07 Å². The normalized spacial score (nSPS) is 18.8. The smallest absolute Gasteiger partial charge is 0.268 e. The minimum Gasteiger partial charge on any atom is -0.475 e. The Bertz CT molecular complexity index is 1010. The highest BCUT2D eigenvalue weighted by Crippen LogP contribution is 2.47. The Labute approximate surface area is 176 Å². The number of hydrogen-bond acceptors (Lipinski definition) is 4. The van der Waals surface area contributed by atoms with Crippen molar-refractivity contribution < 1.29 is 14.3 Å². The van der Waals surface area contributed by atoms with Gasteiger partial charge in [0.2, 0.25) is 0 Å². The van der Waals surface area contributed by atoms with E-state index in [1.165, 1.54) is 11.1 Å². The number of carbonyl (C=O) groups is 2. The lowest BCUT2D eigenvalue weighted by atomic mass is 10.00. The van der Waals surface area contributed by atoms with Crippen LogP contribution in [0.25, 0.3) is 0 Å². The number of amides is 2. The summed E-state index contributed by atoms with van der Waals surface area (Å²) >= 11 is 0. The monoisotopic (exact) mass is 405 g/mol. The SMILES string of the molecule is Cc1cc2c(cc1C(=O)NCCCN1CCc3ccccc3C1)NC(=O)C1(CC1)O2. The molecule has 1 saturated carbocycles. The van der Waals surface area contributed by atoms with E-state index in [-0.39, 0.29) is 11.8 Å². The Morgan fingerprint density at radius 3 is 2.83 bits per heavy atom. The van der Waals surface area contributed by atoms with Gasteiger partial charge in [-0.05, 0) is 48.6 Å². The van der Waals surface area contributed by atoms with Gasteiger partial charge in [-0.3, -0.25) is 14.5 Å². The van der Waals surface area contributed by atoms with Crippen LogP contribution >= 0.6 is 0 Å². The first-order valence-corrected chi connectivity index (χ1v) is 10.8. The van der Waals surface area contributed by atoms with Gasteiger partial charge in [-0.2, -0.15) is 0 Å². The lowest BCUT2D eigenvalue weighted by molar-refractivity contribution is -0.125. The molecule has 5 rings (SSSR count). The molecule has 0 aromatic heterocycles. The molecule has 0 atom stereocenters. The topological polar surface area (TPSA) is 70.7 Å². The summed E-state index contributed by atoms with van der Waals surface area (Å²) in [5.41, 5.74) is 4.21. The second kappa shape index (κ2) is 7.43. The molecule has 0 saturated heterocycles. The number of carbonyl (C=O) groups excluding carboxylic acids is 2. The average Bonchev–Trinajstić information content (AvgIpc) is 3.52. The van der Waals surface area contributed by atoms with E-state index in [9.17, 15) is 9.59 Å². The van der Waals surface area contributed by atoms with Crippen LogP contribution in [-0.4, -0.2) is 41.9 Å². The molecule has 3 aliphatic rings. The number of anilines is 1. The average molecular weight is 405 g/mol. The summed E-state index contributed by atoms with van der Waals surface area (Å²) in [5.74, 6) is 0.445. The fraction of sp³-hybridized carbons (Fsp3) is 0.417. The maximum Gasteiger partial charge on any atom is 0.268 e. The molecule has 0 bridgehead atoms. The van der Waals surface area contributed by atoms with Crippen LogP contribution in [0.4, 0.5) is 5.69 Å². The summed E-state index contributed by atoms with van der Waals surface area (Å²) in [4.78, 5) is 27.4. The van der Waals surface area contributed by atoms with Crippen molar-refractivity contribution >= 4 is 17.5 Å². The van der Waals surface area contributed by atoms with Crippen LogP contribution in [0.5, 0.6) is 5.75 Å². The van der Waals surface area contributed by atoms with Crippen LogP contribution < -0.4 is 15.4 Å². The predicted molar refractivity (Wildman–Crippen MR) is 115 cm³/mol. The molecule has 1 spiro atoms.